The molecule has 2 aliphatic rings. The number of hydrazine groups is 1. The number of benzene rings is 1. The summed E-state index contributed by atoms with van der Waals surface area (Å²) < 4.78 is 10.8. The number of fused-ring (bicyclic) bond motifs is 1. The summed E-state index contributed by atoms with van der Waals surface area (Å²) in [4.78, 5) is 0. The van der Waals surface area contributed by atoms with Crippen LogP contribution in [-0.4, -0.2) is 31.4 Å². The summed E-state index contributed by atoms with van der Waals surface area (Å²) in [6, 6.07) is 6.17. The molecule has 1 unspecified atom stereocenters. The fourth-order valence-corrected chi connectivity index (χ4v) is 2.64. The number of nitrogens with two attached hydrogens (primary N) is 1. The Morgan fingerprint density at radius 2 is 1.95 bits per heavy atom. The molecule has 0 spiro atoms. The van der Waals surface area contributed by atoms with Crippen molar-refractivity contribution in [1.29, 1.82) is 0 Å². The van der Waals surface area contributed by atoms with Gasteiger partial charge >= 0.3 is 0 Å². The van der Waals surface area contributed by atoms with Crippen LogP contribution in [0.2, 0.25) is 0 Å². The van der Waals surface area contributed by atoms with Crippen molar-refractivity contribution in [2.24, 2.45) is 5.73 Å². The molecule has 1 aromatic rings. The van der Waals surface area contributed by atoms with Gasteiger partial charge in [0.05, 0.1) is 6.04 Å². The monoisotopic (exact) mass is 263 g/mol. The van der Waals surface area contributed by atoms with Crippen LogP contribution < -0.4 is 20.6 Å². The zero-order valence-electron chi connectivity index (χ0n) is 11.1. The molecule has 0 bridgehead atoms. The lowest BCUT2D eigenvalue weighted by atomic mass is 10.1. The molecule has 0 aliphatic carbocycles. The van der Waals surface area contributed by atoms with Gasteiger partial charge in [-0.15, -0.1) is 0 Å². The summed E-state index contributed by atoms with van der Waals surface area (Å²) in [5.41, 5.74) is 10.6. The van der Waals surface area contributed by atoms with E-state index in [1.807, 2.05) is 12.1 Å². The van der Waals surface area contributed by atoms with Crippen LogP contribution in [0.5, 0.6) is 11.5 Å². The number of nitrogens with one attached hydrogen (secondary N) is 1. The number of piperidine rings is 1. The summed E-state index contributed by atoms with van der Waals surface area (Å²) in [5, 5.41) is 2.28. The number of rotatable bonds is 4. The normalized spacial score (nSPS) is 20.5. The van der Waals surface area contributed by atoms with Crippen molar-refractivity contribution in [2.45, 2.75) is 25.3 Å². The van der Waals surface area contributed by atoms with Crippen molar-refractivity contribution in [1.82, 2.24) is 10.4 Å². The number of hydrogen-bond acceptors (Lipinski definition) is 5. The Kier molecular flexibility index (Phi) is 3.87. The maximum absolute atomic E-state index is 5.91. The van der Waals surface area contributed by atoms with E-state index in [1.54, 1.807) is 0 Å². The standard InChI is InChI=1S/C14H21N3O2/c15-9-12(16-17-6-2-1-3-7-17)11-4-5-13-14(8-11)19-10-18-13/h4-5,8,12,16H,1-3,6-7,9-10,15H2. The summed E-state index contributed by atoms with van der Waals surface area (Å²) in [7, 11) is 0. The molecule has 0 radical (unpaired) electrons. The highest BCUT2D eigenvalue weighted by Crippen LogP contribution is 2.34. The SMILES string of the molecule is NCC(NN1CCCCC1)c1ccc2c(c1)OCO2. The van der Waals surface area contributed by atoms with E-state index in [2.05, 4.69) is 16.5 Å². The van der Waals surface area contributed by atoms with Gasteiger partial charge in [0.15, 0.2) is 11.5 Å². The van der Waals surface area contributed by atoms with Gasteiger partial charge in [0.1, 0.15) is 0 Å². The predicted molar refractivity (Wildman–Crippen MR) is 72.9 cm³/mol. The van der Waals surface area contributed by atoms with E-state index in [9.17, 15) is 0 Å². The van der Waals surface area contributed by atoms with E-state index in [4.69, 9.17) is 15.2 Å². The Morgan fingerprint density at radius 1 is 1.16 bits per heavy atom. The van der Waals surface area contributed by atoms with E-state index in [-0.39, 0.29) is 6.04 Å². The van der Waals surface area contributed by atoms with E-state index in [0.717, 1.165) is 30.2 Å². The third-order valence-corrected chi connectivity index (χ3v) is 3.73. The van der Waals surface area contributed by atoms with Gasteiger partial charge in [0.2, 0.25) is 6.79 Å². The van der Waals surface area contributed by atoms with E-state index in [1.165, 1.54) is 19.3 Å². The first-order valence-electron chi connectivity index (χ1n) is 6.97. The Morgan fingerprint density at radius 3 is 2.74 bits per heavy atom. The maximum atomic E-state index is 5.91. The lowest BCUT2D eigenvalue weighted by Crippen LogP contribution is -2.45. The van der Waals surface area contributed by atoms with Crippen LogP contribution in [0.4, 0.5) is 0 Å². The smallest absolute Gasteiger partial charge is 0.231 e. The molecule has 104 valence electrons. The zero-order chi connectivity index (χ0) is 13.1. The first-order chi connectivity index (χ1) is 9.36. The molecule has 2 aliphatic heterocycles. The topological polar surface area (TPSA) is 59.8 Å². The van der Waals surface area contributed by atoms with Crippen molar-refractivity contribution in [3.8, 4) is 11.5 Å². The predicted octanol–water partition coefficient (Wildman–Crippen LogP) is 1.41. The Labute approximate surface area is 113 Å². The minimum absolute atomic E-state index is 0.132. The molecule has 1 saturated heterocycles. The zero-order valence-corrected chi connectivity index (χ0v) is 11.1. The van der Waals surface area contributed by atoms with Gasteiger partial charge in [-0.05, 0) is 30.5 Å². The van der Waals surface area contributed by atoms with E-state index >= 15 is 0 Å². The second-order valence-electron chi connectivity index (χ2n) is 5.08. The summed E-state index contributed by atoms with van der Waals surface area (Å²) in [6.45, 7) is 3.07. The minimum Gasteiger partial charge on any atom is -0.454 e. The lowest BCUT2D eigenvalue weighted by molar-refractivity contribution is 0.130. The Bertz CT molecular complexity index is 433. The van der Waals surface area contributed by atoms with Gasteiger partial charge in [0, 0.05) is 19.6 Å². The van der Waals surface area contributed by atoms with Crippen molar-refractivity contribution in [3.05, 3.63) is 23.8 Å². The van der Waals surface area contributed by atoms with Crippen molar-refractivity contribution in [3.63, 3.8) is 0 Å². The summed E-state index contributed by atoms with van der Waals surface area (Å²) >= 11 is 0. The van der Waals surface area contributed by atoms with Crippen molar-refractivity contribution in [2.75, 3.05) is 26.4 Å². The number of ether oxygens (including phenoxy) is 2. The molecule has 3 rings (SSSR count). The average molecular weight is 263 g/mol. The fourth-order valence-electron chi connectivity index (χ4n) is 2.64. The molecular weight excluding hydrogens is 242 g/mol. The molecule has 1 atom stereocenters. The number of hydrogen-bond donors (Lipinski definition) is 2. The Balaban J connectivity index is 1.70. The summed E-state index contributed by atoms with van der Waals surface area (Å²) in [5.74, 6) is 1.63. The molecule has 5 nitrogen and oxygen atoms in total. The minimum atomic E-state index is 0.132. The van der Waals surface area contributed by atoms with E-state index < -0.39 is 0 Å². The largest absolute Gasteiger partial charge is 0.454 e. The molecule has 0 saturated carbocycles. The molecule has 1 aromatic carbocycles. The fraction of sp³-hybridized carbons (Fsp3) is 0.571. The van der Waals surface area contributed by atoms with Crippen LogP contribution in [0.15, 0.2) is 18.2 Å². The second kappa shape index (κ2) is 5.77. The van der Waals surface area contributed by atoms with Crippen LogP contribution in [0.3, 0.4) is 0 Å². The quantitative estimate of drug-likeness (QED) is 0.860. The third-order valence-electron chi connectivity index (χ3n) is 3.73. The van der Waals surface area contributed by atoms with Crippen LogP contribution in [-0.2, 0) is 0 Å². The highest BCUT2D eigenvalue weighted by atomic mass is 16.7. The van der Waals surface area contributed by atoms with Crippen LogP contribution in [0.1, 0.15) is 30.9 Å². The molecular formula is C14H21N3O2. The molecule has 5 heteroatoms. The van der Waals surface area contributed by atoms with Gasteiger partial charge in [0.25, 0.3) is 0 Å². The molecule has 2 heterocycles. The molecule has 0 amide bonds. The first-order valence-corrected chi connectivity index (χ1v) is 6.97. The highest BCUT2D eigenvalue weighted by molar-refractivity contribution is 5.45. The lowest BCUT2D eigenvalue weighted by Gasteiger charge is -2.31. The van der Waals surface area contributed by atoms with Crippen LogP contribution >= 0.6 is 0 Å². The number of nitrogens with zero attached hydrogens (tertiary/aromatic N) is 1. The van der Waals surface area contributed by atoms with Crippen molar-refractivity contribution < 1.29 is 9.47 Å². The van der Waals surface area contributed by atoms with E-state index in [0.29, 0.717) is 13.3 Å². The van der Waals surface area contributed by atoms with Crippen LogP contribution in [0, 0.1) is 0 Å². The van der Waals surface area contributed by atoms with Gasteiger partial charge in [-0.25, -0.2) is 10.4 Å². The van der Waals surface area contributed by atoms with Gasteiger partial charge < -0.3 is 15.2 Å². The Hall–Kier alpha value is -1.30. The molecule has 19 heavy (non-hydrogen) atoms. The molecule has 1 fully saturated rings. The second-order valence-corrected chi connectivity index (χ2v) is 5.08. The van der Waals surface area contributed by atoms with Gasteiger partial charge in [-0.2, -0.15) is 0 Å². The average Bonchev–Trinajstić information content (AvgIpc) is 2.93. The third kappa shape index (κ3) is 2.83. The molecule has 0 aromatic heterocycles. The highest BCUT2D eigenvalue weighted by Gasteiger charge is 2.19. The van der Waals surface area contributed by atoms with Gasteiger partial charge in [-0.3, -0.25) is 0 Å². The van der Waals surface area contributed by atoms with Gasteiger partial charge in [-0.1, -0.05) is 12.5 Å². The molecule has 3 N–H and O–H groups in total. The first kappa shape index (κ1) is 12.7. The van der Waals surface area contributed by atoms with Crippen molar-refractivity contribution >= 4 is 0 Å². The van der Waals surface area contributed by atoms with Crippen LogP contribution in [0.25, 0.3) is 0 Å². The maximum Gasteiger partial charge on any atom is 0.231 e. The summed E-state index contributed by atoms with van der Waals surface area (Å²) in [6.07, 6.45) is 3.84.